The summed E-state index contributed by atoms with van der Waals surface area (Å²) in [6.45, 7) is 5.18. The van der Waals surface area contributed by atoms with E-state index in [9.17, 15) is 14.4 Å². The molecule has 0 aliphatic heterocycles. The molecule has 0 heterocycles. The number of hydrogen-bond acceptors (Lipinski definition) is 6. The summed E-state index contributed by atoms with van der Waals surface area (Å²) in [5.41, 5.74) is -0.257. The van der Waals surface area contributed by atoms with Gasteiger partial charge >= 0.3 is 17.9 Å². The highest BCUT2D eigenvalue weighted by atomic mass is 16.6. The van der Waals surface area contributed by atoms with Gasteiger partial charge < -0.3 is 14.2 Å². The third-order valence-corrected chi connectivity index (χ3v) is 1.82. The van der Waals surface area contributed by atoms with Crippen LogP contribution in [0.1, 0.15) is 27.2 Å². The molecule has 106 valence electrons. The second-order valence-corrected chi connectivity index (χ2v) is 3.19. The average molecular weight is 270 g/mol. The van der Waals surface area contributed by atoms with Gasteiger partial charge in [-0.25, -0.2) is 9.59 Å². The fraction of sp³-hybridized carbons (Fsp3) is 0.462. The maximum absolute atomic E-state index is 11.5. The number of allylic oxidation sites excluding steroid dienone is 2. The summed E-state index contributed by atoms with van der Waals surface area (Å²) in [5.74, 6) is -1.99. The van der Waals surface area contributed by atoms with Gasteiger partial charge in [-0.2, -0.15) is 0 Å². The minimum Gasteiger partial charge on any atom is -0.462 e. The molecule has 0 N–H and O–H groups in total. The normalized spacial score (nSPS) is 9.84. The lowest BCUT2D eigenvalue weighted by molar-refractivity contribution is -0.146. The molecule has 0 saturated carbocycles. The van der Waals surface area contributed by atoms with Gasteiger partial charge in [0.25, 0.3) is 0 Å². The topological polar surface area (TPSA) is 78.9 Å². The summed E-state index contributed by atoms with van der Waals surface area (Å²) < 4.78 is 14.1. The molecule has 19 heavy (non-hydrogen) atoms. The number of rotatable bonds is 7. The monoisotopic (exact) mass is 270 g/mol. The predicted molar refractivity (Wildman–Crippen MR) is 66.9 cm³/mol. The van der Waals surface area contributed by atoms with Crippen molar-refractivity contribution in [3.8, 4) is 0 Å². The third kappa shape index (κ3) is 7.03. The summed E-state index contributed by atoms with van der Waals surface area (Å²) >= 11 is 0. The predicted octanol–water partition coefficient (Wildman–Crippen LogP) is 1.51. The molecule has 0 aliphatic rings. The van der Waals surface area contributed by atoms with Gasteiger partial charge in [0.05, 0.1) is 19.5 Å². The van der Waals surface area contributed by atoms with Gasteiger partial charge in [0.2, 0.25) is 0 Å². The van der Waals surface area contributed by atoms with Crippen LogP contribution in [0.15, 0.2) is 24.0 Å². The van der Waals surface area contributed by atoms with E-state index in [4.69, 9.17) is 9.47 Å². The van der Waals surface area contributed by atoms with Crippen LogP contribution >= 0.6 is 0 Å². The summed E-state index contributed by atoms with van der Waals surface area (Å²) in [6, 6.07) is 0. The quantitative estimate of drug-likeness (QED) is 0.133. The smallest absolute Gasteiger partial charge is 0.345 e. The lowest BCUT2D eigenvalue weighted by Gasteiger charge is -2.05. The van der Waals surface area contributed by atoms with Crippen molar-refractivity contribution in [3.63, 3.8) is 0 Å². The molecule has 0 rings (SSSR count). The van der Waals surface area contributed by atoms with Gasteiger partial charge in [-0.05, 0) is 26.0 Å². The Morgan fingerprint density at radius 2 is 1.47 bits per heavy atom. The van der Waals surface area contributed by atoms with Crippen LogP contribution in [-0.2, 0) is 28.6 Å². The first kappa shape index (κ1) is 16.9. The van der Waals surface area contributed by atoms with E-state index < -0.39 is 17.9 Å². The highest BCUT2D eigenvalue weighted by Gasteiger charge is 2.19. The zero-order chi connectivity index (χ0) is 14.7. The molecule has 0 amide bonds. The minimum atomic E-state index is -0.785. The van der Waals surface area contributed by atoms with Gasteiger partial charge in [-0.3, -0.25) is 4.79 Å². The zero-order valence-electron chi connectivity index (χ0n) is 11.3. The Balaban J connectivity index is 4.77. The Kier molecular flexibility index (Phi) is 8.78. The van der Waals surface area contributed by atoms with Gasteiger partial charge in [-0.15, -0.1) is 0 Å². The van der Waals surface area contributed by atoms with Gasteiger partial charge in [0.15, 0.2) is 0 Å². The van der Waals surface area contributed by atoms with E-state index >= 15 is 0 Å². The Hall–Kier alpha value is -2.11. The first-order valence-corrected chi connectivity index (χ1v) is 5.97. The number of hydrogen-bond donors (Lipinski definition) is 0. The Labute approximate surface area is 112 Å². The lowest BCUT2D eigenvalue weighted by Crippen LogP contribution is -2.18. The van der Waals surface area contributed by atoms with Crippen LogP contribution in [-0.4, -0.2) is 31.1 Å². The average Bonchev–Trinajstić information content (AvgIpc) is 2.38. The van der Waals surface area contributed by atoms with E-state index in [0.717, 1.165) is 6.26 Å². The fourth-order valence-corrected chi connectivity index (χ4v) is 0.971. The van der Waals surface area contributed by atoms with Crippen molar-refractivity contribution in [2.75, 3.05) is 13.2 Å². The maximum Gasteiger partial charge on any atom is 0.345 e. The van der Waals surface area contributed by atoms with Gasteiger partial charge in [0.1, 0.15) is 5.57 Å². The van der Waals surface area contributed by atoms with Gasteiger partial charge in [-0.1, -0.05) is 6.92 Å². The summed E-state index contributed by atoms with van der Waals surface area (Å²) in [6.07, 6.45) is 3.76. The Morgan fingerprint density at radius 3 is 1.89 bits per heavy atom. The number of esters is 3. The van der Waals surface area contributed by atoms with Crippen molar-refractivity contribution in [1.29, 1.82) is 0 Å². The first-order valence-electron chi connectivity index (χ1n) is 5.97. The van der Waals surface area contributed by atoms with Crippen LogP contribution in [0.5, 0.6) is 0 Å². The summed E-state index contributed by atoms with van der Waals surface area (Å²) in [4.78, 5) is 33.9. The van der Waals surface area contributed by atoms with Crippen LogP contribution in [0.2, 0.25) is 0 Å². The standard InChI is InChI=1S/C13H18O6/c1-4-11(14)19-9-7-8-10(12(15)17-5-2)13(16)18-6-3/h7-9H,4-6H2,1-3H3. The molecule has 0 atom stereocenters. The zero-order valence-corrected chi connectivity index (χ0v) is 11.3. The van der Waals surface area contributed by atoms with E-state index in [0.29, 0.717) is 0 Å². The molecule has 0 unspecified atom stereocenters. The number of carbonyl (C=O) groups is 3. The van der Waals surface area contributed by atoms with E-state index in [-0.39, 0.29) is 25.2 Å². The second-order valence-electron chi connectivity index (χ2n) is 3.19. The lowest BCUT2D eigenvalue weighted by atomic mass is 10.2. The van der Waals surface area contributed by atoms with E-state index in [1.807, 2.05) is 0 Å². The molecular weight excluding hydrogens is 252 g/mol. The Bertz CT molecular complexity index is 361. The molecular formula is C13H18O6. The molecule has 0 bridgehead atoms. The van der Waals surface area contributed by atoms with Crippen molar-refractivity contribution in [3.05, 3.63) is 24.0 Å². The molecule has 0 aromatic heterocycles. The SMILES string of the molecule is CCOC(=O)C(=CC=COC(=O)CC)C(=O)OCC. The molecule has 0 aromatic carbocycles. The van der Waals surface area contributed by atoms with Crippen molar-refractivity contribution in [2.24, 2.45) is 0 Å². The molecule has 0 saturated heterocycles. The molecule has 0 aliphatic carbocycles. The molecule has 6 nitrogen and oxygen atoms in total. The van der Waals surface area contributed by atoms with Gasteiger partial charge in [0, 0.05) is 6.42 Å². The van der Waals surface area contributed by atoms with E-state index in [1.54, 1.807) is 20.8 Å². The second kappa shape index (κ2) is 9.87. The van der Waals surface area contributed by atoms with Crippen LogP contribution < -0.4 is 0 Å². The Morgan fingerprint density at radius 1 is 0.947 bits per heavy atom. The van der Waals surface area contributed by atoms with E-state index in [1.165, 1.54) is 12.2 Å². The number of ether oxygens (including phenoxy) is 3. The summed E-state index contributed by atoms with van der Waals surface area (Å²) in [5, 5.41) is 0. The van der Waals surface area contributed by atoms with Crippen molar-refractivity contribution in [1.82, 2.24) is 0 Å². The maximum atomic E-state index is 11.5. The fourth-order valence-electron chi connectivity index (χ4n) is 0.971. The minimum absolute atomic E-state index is 0.143. The molecule has 0 radical (unpaired) electrons. The largest absolute Gasteiger partial charge is 0.462 e. The highest BCUT2D eigenvalue weighted by molar-refractivity contribution is 6.14. The molecule has 0 spiro atoms. The first-order chi connectivity index (χ1) is 9.06. The van der Waals surface area contributed by atoms with Crippen LogP contribution in [0, 0.1) is 0 Å². The summed E-state index contributed by atoms with van der Waals surface area (Å²) in [7, 11) is 0. The van der Waals surface area contributed by atoms with Crippen molar-refractivity contribution < 1.29 is 28.6 Å². The van der Waals surface area contributed by atoms with Crippen molar-refractivity contribution >= 4 is 17.9 Å². The third-order valence-electron chi connectivity index (χ3n) is 1.82. The van der Waals surface area contributed by atoms with Crippen LogP contribution in [0.25, 0.3) is 0 Å². The van der Waals surface area contributed by atoms with Crippen LogP contribution in [0.4, 0.5) is 0 Å². The molecule has 0 aromatic rings. The van der Waals surface area contributed by atoms with Crippen LogP contribution in [0.3, 0.4) is 0 Å². The van der Waals surface area contributed by atoms with E-state index in [2.05, 4.69) is 4.74 Å². The molecule has 0 fully saturated rings. The van der Waals surface area contributed by atoms with Crippen molar-refractivity contribution in [2.45, 2.75) is 27.2 Å². The highest BCUT2D eigenvalue weighted by Crippen LogP contribution is 2.03. The molecule has 6 heteroatoms. The number of carbonyl (C=O) groups excluding carboxylic acids is 3.